The lowest BCUT2D eigenvalue weighted by atomic mass is 9.96. The van der Waals surface area contributed by atoms with E-state index in [0.29, 0.717) is 6.42 Å². The lowest BCUT2D eigenvalue weighted by Gasteiger charge is -2.27. The predicted octanol–water partition coefficient (Wildman–Crippen LogP) is 3.13. The average Bonchev–Trinajstić information content (AvgIpc) is 2.46. The molecule has 0 aliphatic rings. The van der Waals surface area contributed by atoms with Gasteiger partial charge in [-0.05, 0) is 51.1 Å². The summed E-state index contributed by atoms with van der Waals surface area (Å²) in [5.74, 6) is 1.59. The number of nitriles is 1. The summed E-state index contributed by atoms with van der Waals surface area (Å²) in [6, 6.07) is 9.81. The molecule has 2 unspecified atom stereocenters. The summed E-state index contributed by atoms with van der Waals surface area (Å²) in [4.78, 5) is 0. The molecule has 1 rings (SSSR count). The Kier molecular flexibility index (Phi) is 6.33. The second kappa shape index (κ2) is 7.76. The van der Waals surface area contributed by atoms with Crippen LogP contribution >= 0.6 is 0 Å². The minimum Gasteiger partial charge on any atom is -0.497 e. The first-order valence-electron chi connectivity index (χ1n) is 7.00. The van der Waals surface area contributed by atoms with Crippen LogP contribution < -0.4 is 14.8 Å². The molecule has 1 N–H and O–H groups in total. The van der Waals surface area contributed by atoms with Crippen molar-refractivity contribution in [3.05, 3.63) is 24.3 Å². The summed E-state index contributed by atoms with van der Waals surface area (Å²) in [6.45, 7) is 6.81. The Morgan fingerprint density at radius 3 is 2.40 bits per heavy atom. The molecule has 4 nitrogen and oxygen atoms in total. The second-order valence-electron chi connectivity index (χ2n) is 5.18. The SMILES string of the molecule is CCCNC(C)(C#N)CC(C)Oc1ccc(OC)cc1. The lowest BCUT2D eigenvalue weighted by Crippen LogP contribution is -2.44. The van der Waals surface area contributed by atoms with Crippen molar-refractivity contribution in [2.24, 2.45) is 0 Å². The van der Waals surface area contributed by atoms with Gasteiger partial charge in [0, 0.05) is 6.42 Å². The number of nitrogens with one attached hydrogen (secondary N) is 1. The van der Waals surface area contributed by atoms with Gasteiger partial charge in [0.1, 0.15) is 17.0 Å². The first-order chi connectivity index (χ1) is 9.53. The fourth-order valence-electron chi connectivity index (χ4n) is 2.06. The van der Waals surface area contributed by atoms with Crippen molar-refractivity contribution < 1.29 is 9.47 Å². The molecule has 0 saturated carbocycles. The number of ether oxygens (including phenoxy) is 2. The van der Waals surface area contributed by atoms with Crippen LogP contribution in [0.4, 0.5) is 0 Å². The maximum atomic E-state index is 9.31. The molecule has 0 aliphatic carbocycles. The Labute approximate surface area is 121 Å². The fraction of sp³-hybridized carbons (Fsp3) is 0.562. The van der Waals surface area contributed by atoms with E-state index in [9.17, 15) is 5.26 Å². The van der Waals surface area contributed by atoms with E-state index in [4.69, 9.17) is 9.47 Å². The van der Waals surface area contributed by atoms with Crippen LogP contribution in [0, 0.1) is 11.3 Å². The van der Waals surface area contributed by atoms with Gasteiger partial charge in [0.25, 0.3) is 0 Å². The molecular formula is C16H24N2O2. The third-order valence-electron chi connectivity index (χ3n) is 3.10. The number of hydrogen-bond donors (Lipinski definition) is 1. The zero-order valence-corrected chi connectivity index (χ0v) is 12.8. The zero-order chi connectivity index (χ0) is 15.0. The molecule has 20 heavy (non-hydrogen) atoms. The quantitative estimate of drug-likeness (QED) is 0.792. The summed E-state index contributed by atoms with van der Waals surface area (Å²) < 4.78 is 11.0. The molecule has 1 aromatic rings. The van der Waals surface area contributed by atoms with Crippen LogP contribution in [0.3, 0.4) is 0 Å². The fourth-order valence-corrected chi connectivity index (χ4v) is 2.06. The molecule has 0 aromatic heterocycles. The molecule has 0 aliphatic heterocycles. The highest BCUT2D eigenvalue weighted by atomic mass is 16.5. The summed E-state index contributed by atoms with van der Waals surface area (Å²) in [5.41, 5.74) is -0.554. The predicted molar refractivity (Wildman–Crippen MR) is 80.0 cm³/mol. The van der Waals surface area contributed by atoms with Gasteiger partial charge in [-0.2, -0.15) is 5.26 Å². The van der Waals surface area contributed by atoms with Crippen molar-refractivity contribution >= 4 is 0 Å². The number of hydrogen-bond acceptors (Lipinski definition) is 4. The van der Waals surface area contributed by atoms with Gasteiger partial charge >= 0.3 is 0 Å². The van der Waals surface area contributed by atoms with E-state index in [-0.39, 0.29) is 6.10 Å². The monoisotopic (exact) mass is 276 g/mol. The van der Waals surface area contributed by atoms with Gasteiger partial charge in [-0.25, -0.2) is 0 Å². The molecule has 0 spiro atoms. The number of rotatable bonds is 8. The first kappa shape index (κ1) is 16.3. The summed E-state index contributed by atoms with van der Waals surface area (Å²) in [6.07, 6.45) is 1.60. The Hall–Kier alpha value is -1.73. The summed E-state index contributed by atoms with van der Waals surface area (Å²) in [5, 5.41) is 12.6. The van der Waals surface area contributed by atoms with Crippen LogP contribution in [0.25, 0.3) is 0 Å². The molecular weight excluding hydrogens is 252 g/mol. The van der Waals surface area contributed by atoms with Gasteiger partial charge in [0.2, 0.25) is 0 Å². The molecule has 0 amide bonds. The standard InChI is InChI=1S/C16H24N2O2/c1-5-10-18-16(3,12-17)11-13(2)20-15-8-6-14(19-4)7-9-15/h6-9,13,18H,5,10-11H2,1-4H3. The number of methoxy groups -OCH3 is 1. The highest BCUT2D eigenvalue weighted by Gasteiger charge is 2.26. The number of benzene rings is 1. The Morgan fingerprint density at radius 2 is 1.90 bits per heavy atom. The third kappa shape index (κ3) is 5.10. The van der Waals surface area contributed by atoms with Crippen molar-refractivity contribution in [2.75, 3.05) is 13.7 Å². The van der Waals surface area contributed by atoms with Crippen LogP contribution in [-0.2, 0) is 0 Å². The van der Waals surface area contributed by atoms with Crippen LogP contribution in [0.2, 0.25) is 0 Å². The van der Waals surface area contributed by atoms with Gasteiger partial charge in [0.15, 0.2) is 0 Å². The van der Waals surface area contributed by atoms with Crippen molar-refractivity contribution in [1.82, 2.24) is 5.32 Å². The molecule has 110 valence electrons. The van der Waals surface area contributed by atoms with Gasteiger partial charge in [0.05, 0.1) is 19.3 Å². The van der Waals surface area contributed by atoms with Crippen LogP contribution in [0.1, 0.15) is 33.6 Å². The Bertz CT molecular complexity index is 439. The van der Waals surface area contributed by atoms with Gasteiger partial charge in [-0.15, -0.1) is 0 Å². The first-order valence-corrected chi connectivity index (χ1v) is 7.00. The maximum absolute atomic E-state index is 9.31. The van der Waals surface area contributed by atoms with Crippen LogP contribution in [-0.4, -0.2) is 25.3 Å². The highest BCUT2D eigenvalue weighted by molar-refractivity contribution is 5.31. The summed E-state index contributed by atoms with van der Waals surface area (Å²) >= 11 is 0. The molecule has 0 saturated heterocycles. The molecule has 2 atom stereocenters. The van der Waals surface area contributed by atoms with E-state index in [1.54, 1.807) is 7.11 Å². The van der Waals surface area contributed by atoms with E-state index in [0.717, 1.165) is 24.5 Å². The number of nitrogens with zero attached hydrogens (tertiary/aromatic N) is 1. The third-order valence-corrected chi connectivity index (χ3v) is 3.10. The smallest absolute Gasteiger partial charge is 0.119 e. The molecule has 0 heterocycles. The van der Waals surface area contributed by atoms with Gasteiger partial charge in [-0.1, -0.05) is 6.92 Å². The molecule has 4 heteroatoms. The second-order valence-corrected chi connectivity index (χ2v) is 5.18. The van der Waals surface area contributed by atoms with Crippen molar-refractivity contribution in [1.29, 1.82) is 5.26 Å². The Balaban J connectivity index is 2.56. The van der Waals surface area contributed by atoms with Crippen LogP contribution in [0.15, 0.2) is 24.3 Å². The van der Waals surface area contributed by atoms with Crippen LogP contribution in [0.5, 0.6) is 11.5 Å². The minimum absolute atomic E-state index is 0.0441. The van der Waals surface area contributed by atoms with E-state index in [1.165, 1.54) is 0 Å². The summed E-state index contributed by atoms with van der Waals surface area (Å²) in [7, 11) is 1.64. The van der Waals surface area contributed by atoms with Crippen molar-refractivity contribution in [3.8, 4) is 17.6 Å². The molecule has 0 radical (unpaired) electrons. The van der Waals surface area contributed by atoms with E-state index >= 15 is 0 Å². The average molecular weight is 276 g/mol. The van der Waals surface area contributed by atoms with E-state index in [2.05, 4.69) is 18.3 Å². The van der Waals surface area contributed by atoms with Gasteiger partial charge < -0.3 is 9.47 Å². The molecule has 0 fully saturated rings. The minimum atomic E-state index is -0.554. The van der Waals surface area contributed by atoms with Gasteiger partial charge in [-0.3, -0.25) is 5.32 Å². The largest absolute Gasteiger partial charge is 0.497 e. The van der Waals surface area contributed by atoms with E-state index in [1.807, 2.05) is 38.1 Å². The Morgan fingerprint density at radius 1 is 1.30 bits per heavy atom. The normalized spacial score (nSPS) is 14.9. The molecule has 0 bridgehead atoms. The maximum Gasteiger partial charge on any atom is 0.119 e. The molecule has 1 aromatic carbocycles. The highest BCUT2D eigenvalue weighted by Crippen LogP contribution is 2.21. The van der Waals surface area contributed by atoms with Crippen molar-refractivity contribution in [2.45, 2.75) is 45.3 Å². The lowest BCUT2D eigenvalue weighted by molar-refractivity contribution is 0.179. The van der Waals surface area contributed by atoms with Crippen molar-refractivity contribution in [3.63, 3.8) is 0 Å². The topological polar surface area (TPSA) is 54.3 Å². The van der Waals surface area contributed by atoms with E-state index < -0.39 is 5.54 Å². The zero-order valence-electron chi connectivity index (χ0n) is 12.8.